The molecule has 1 aromatic rings. The van der Waals surface area contributed by atoms with Gasteiger partial charge in [-0.15, -0.1) is 0 Å². The topological polar surface area (TPSA) is 49.9 Å². The van der Waals surface area contributed by atoms with Gasteiger partial charge in [0.05, 0.1) is 11.6 Å². The van der Waals surface area contributed by atoms with E-state index in [0.717, 1.165) is 12.1 Å². The van der Waals surface area contributed by atoms with Gasteiger partial charge in [-0.3, -0.25) is 9.59 Å². The Morgan fingerprint density at radius 1 is 1.33 bits per heavy atom. The second-order valence-corrected chi connectivity index (χ2v) is 5.93. The van der Waals surface area contributed by atoms with Gasteiger partial charge in [0.2, 0.25) is 5.91 Å². The Morgan fingerprint density at radius 3 is 2.71 bits per heavy atom. The maximum atomic E-state index is 12.4. The number of para-hydroxylation sites is 1. The minimum Gasteiger partial charge on any atom is -0.363 e. The first kappa shape index (κ1) is 14.1. The van der Waals surface area contributed by atoms with Gasteiger partial charge in [-0.2, -0.15) is 0 Å². The normalized spacial score (nSPS) is 29.2. The minimum absolute atomic E-state index is 0.0445. The molecule has 2 amide bonds. The van der Waals surface area contributed by atoms with Crippen LogP contribution in [0.15, 0.2) is 30.3 Å². The number of morpholine rings is 1. The highest BCUT2D eigenvalue weighted by Crippen LogP contribution is 2.36. The van der Waals surface area contributed by atoms with Crippen LogP contribution in [0.25, 0.3) is 0 Å². The molecule has 5 nitrogen and oxygen atoms in total. The third-order valence-corrected chi connectivity index (χ3v) is 4.56. The van der Waals surface area contributed by atoms with Crippen molar-refractivity contribution in [2.45, 2.75) is 31.9 Å². The summed E-state index contributed by atoms with van der Waals surface area (Å²) < 4.78 is 5.83. The zero-order valence-electron chi connectivity index (χ0n) is 12.4. The van der Waals surface area contributed by atoms with Crippen molar-refractivity contribution < 1.29 is 14.3 Å². The number of hydrogen-bond acceptors (Lipinski definition) is 3. The Bertz CT molecular complexity index is 560. The monoisotopic (exact) mass is 288 g/mol. The van der Waals surface area contributed by atoms with Gasteiger partial charge in [-0.1, -0.05) is 18.2 Å². The molecule has 0 aromatic heterocycles. The van der Waals surface area contributed by atoms with Crippen LogP contribution in [0.4, 0.5) is 5.69 Å². The molecule has 2 aliphatic rings. The third-order valence-electron chi connectivity index (χ3n) is 4.56. The number of carbonyl (C=O) groups excluding carboxylic acids is 2. The van der Waals surface area contributed by atoms with E-state index in [4.69, 9.17) is 4.74 Å². The van der Waals surface area contributed by atoms with Gasteiger partial charge in [0, 0.05) is 25.7 Å². The zero-order chi connectivity index (χ0) is 15.0. The summed E-state index contributed by atoms with van der Waals surface area (Å²) in [6.07, 6.45) is 0.744. The molecule has 2 heterocycles. The van der Waals surface area contributed by atoms with Gasteiger partial charge in [-0.25, -0.2) is 0 Å². The quantitative estimate of drug-likeness (QED) is 0.785. The van der Waals surface area contributed by atoms with Crippen LogP contribution >= 0.6 is 0 Å². The SMILES string of the molecule is CC(=O)N1CC[C@@]2(C)OCC(=O)N(c3ccccc3)[C@@H]2C1. The van der Waals surface area contributed by atoms with E-state index in [2.05, 4.69) is 0 Å². The lowest BCUT2D eigenvalue weighted by molar-refractivity contribution is -0.155. The van der Waals surface area contributed by atoms with E-state index >= 15 is 0 Å². The summed E-state index contributed by atoms with van der Waals surface area (Å²) in [5.41, 5.74) is 0.475. The van der Waals surface area contributed by atoms with Crippen LogP contribution in [0.3, 0.4) is 0 Å². The van der Waals surface area contributed by atoms with Crippen molar-refractivity contribution in [2.75, 3.05) is 24.6 Å². The molecule has 0 saturated carbocycles. The molecule has 1 aromatic carbocycles. The van der Waals surface area contributed by atoms with Crippen LogP contribution in [-0.4, -0.2) is 48.1 Å². The molecule has 2 saturated heterocycles. The van der Waals surface area contributed by atoms with Crippen LogP contribution < -0.4 is 4.90 Å². The van der Waals surface area contributed by atoms with Crippen molar-refractivity contribution in [3.63, 3.8) is 0 Å². The van der Waals surface area contributed by atoms with E-state index in [-0.39, 0.29) is 24.5 Å². The number of amides is 2. The number of anilines is 1. The molecular formula is C16H20N2O3. The van der Waals surface area contributed by atoms with Crippen LogP contribution in [0.1, 0.15) is 20.3 Å². The van der Waals surface area contributed by atoms with Gasteiger partial charge in [0.25, 0.3) is 5.91 Å². The largest absolute Gasteiger partial charge is 0.363 e. The Labute approximate surface area is 124 Å². The smallest absolute Gasteiger partial charge is 0.253 e. The summed E-state index contributed by atoms with van der Waals surface area (Å²) in [7, 11) is 0. The van der Waals surface area contributed by atoms with Gasteiger partial charge in [0.1, 0.15) is 6.61 Å². The molecule has 0 unspecified atom stereocenters. The first-order chi connectivity index (χ1) is 10.0. The van der Waals surface area contributed by atoms with Crippen molar-refractivity contribution in [3.8, 4) is 0 Å². The Kier molecular flexibility index (Phi) is 3.45. The number of likely N-dealkylation sites (tertiary alicyclic amines) is 1. The molecule has 0 N–H and O–H groups in total. The number of fused-ring (bicyclic) bond motifs is 1. The second-order valence-electron chi connectivity index (χ2n) is 5.93. The molecule has 0 bridgehead atoms. The Balaban J connectivity index is 1.96. The fraction of sp³-hybridized carbons (Fsp3) is 0.500. The third kappa shape index (κ3) is 2.42. The number of hydrogen-bond donors (Lipinski definition) is 0. The number of ether oxygens (including phenoxy) is 1. The van der Waals surface area contributed by atoms with Crippen molar-refractivity contribution in [2.24, 2.45) is 0 Å². The molecule has 3 rings (SSSR count). The molecule has 0 spiro atoms. The van der Waals surface area contributed by atoms with E-state index < -0.39 is 5.60 Å². The average molecular weight is 288 g/mol. The van der Waals surface area contributed by atoms with Crippen LogP contribution in [0.2, 0.25) is 0 Å². The lowest BCUT2D eigenvalue weighted by Gasteiger charge is -2.52. The molecule has 112 valence electrons. The lowest BCUT2D eigenvalue weighted by Crippen LogP contribution is -2.68. The number of piperidine rings is 1. The summed E-state index contributed by atoms with van der Waals surface area (Å²) >= 11 is 0. The van der Waals surface area contributed by atoms with Gasteiger partial charge >= 0.3 is 0 Å². The maximum Gasteiger partial charge on any atom is 0.253 e. The van der Waals surface area contributed by atoms with Gasteiger partial charge in [-0.05, 0) is 25.5 Å². The maximum absolute atomic E-state index is 12.4. The predicted octanol–water partition coefficient (Wildman–Crippen LogP) is 1.43. The predicted molar refractivity (Wildman–Crippen MR) is 78.9 cm³/mol. The highest BCUT2D eigenvalue weighted by molar-refractivity contribution is 5.96. The molecule has 2 atom stereocenters. The number of nitrogens with zero attached hydrogens (tertiary/aromatic N) is 2. The fourth-order valence-corrected chi connectivity index (χ4v) is 3.21. The van der Waals surface area contributed by atoms with Crippen molar-refractivity contribution in [3.05, 3.63) is 30.3 Å². The van der Waals surface area contributed by atoms with E-state index in [0.29, 0.717) is 13.1 Å². The molecule has 0 radical (unpaired) electrons. The summed E-state index contributed by atoms with van der Waals surface area (Å²) in [5, 5.41) is 0. The average Bonchev–Trinajstić information content (AvgIpc) is 2.48. The molecule has 5 heteroatoms. The first-order valence-corrected chi connectivity index (χ1v) is 7.28. The highest BCUT2D eigenvalue weighted by Gasteiger charge is 2.49. The second kappa shape index (κ2) is 5.15. The van der Waals surface area contributed by atoms with Gasteiger partial charge < -0.3 is 14.5 Å². The minimum atomic E-state index is -0.393. The fourth-order valence-electron chi connectivity index (χ4n) is 3.21. The summed E-state index contributed by atoms with van der Waals surface area (Å²) in [5.74, 6) is -0.00263. The van der Waals surface area contributed by atoms with Crippen molar-refractivity contribution >= 4 is 17.5 Å². The number of carbonyl (C=O) groups is 2. The Morgan fingerprint density at radius 2 is 2.05 bits per heavy atom. The highest BCUT2D eigenvalue weighted by atomic mass is 16.5. The van der Waals surface area contributed by atoms with Crippen LogP contribution in [-0.2, 0) is 14.3 Å². The van der Waals surface area contributed by atoms with Crippen molar-refractivity contribution in [1.29, 1.82) is 0 Å². The number of rotatable bonds is 1. The van der Waals surface area contributed by atoms with E-state index in [9.17, 15) is 9.59 Å². The van der Waals surface area contributed by atoms with Gasteiger partial charge in [0.15, 0.2) is 0 Å². The molecule has 0 aliphatic carbocycles. The van der Waals surface area contributed by atoms with Crippen molar-refractivity contribution in [1.82, 2.24) is 4.90 Å². The molecular weight excluding hydrogens is 268 g/mol. The zero-order valence-corrected chi connectivity index (χ0v) is 12.4. The molecule has 21 heavy (non-hydrogen) atoms. The summed E-state index contributed by atoms with van der Waals surface area (Å²) in [6, 6.07) is 9.48. The Hall–Kier alpha value is -1.88. The van der Waals surface area contributed by atoms with E-state index in [1.54, 1.807) is 16.7 Å². The van der Waals surface area contributed by atoms with E-state index in [1.165, 1.54) is 0 Å². The van der Waals surface area contributed by atoms with E-state index in [1.807, 2.05) is 37.3 Å². The summed E-state index contributed by atoms with van der Waals surface area (Å²) in [6.45, 7) is 4.91. The summed E-state index contributed by atoms with van der Waals surface area (Å²) in [4.78, 5) is 27.6. The van der Waals surface area contributed by atoms with Crippen LogP contribution in [0.5, 0.6) is 0 Å². The molecule has 2 aliphatic heterocycles. The molecule has 2 fully saturated rings. The van der Waals surface area contributed by atoms with Crippen LogP contribution in [0, 0.1) is 0 Å². The lowest BCUT2D eigenvalue weighted by atomic mass is 9.85. The number of benzene rings is 1. The first-order valence-electron chi connectivity index (χ1n) is 7.28. The standard InChI is InChI=1S/C16H20N2O3/c1-12(19)17-9-8-16(2)14(10-17)18(15(20)11-21-16)13-6-4-3-5-7-13/h3-7,14H,8-11H2,1-2H3/t14-,16-/m1/s1.